The molecule has 2 saturated heterocycles. The van der Waals surface area contributed by atoms with Crippen LogP contribution in [0.15, 0.2) is 9.98 Å². The van der Waals surface area contributed by atoms with Gasteiger partial charge >= 0.3 is 0 Å². The minimum absolute atomic E-state index is 0.161. The Labute approximate surface area is 70.3 Å². The predicted molar refractivity (Wildman–Crippen MR) is 43.6 cm³/mol. The maximum absolute atomic E-state index is 5.35. The highest BCUT2D eigenvalue weighted by Gasteiger charge is 2.35. The zero-order valence-corrected chi connectivity index (χ0v) is 6.69. The first kappa shape index (κ1) is 6.46. The third-order valence-corrected chi connectivity index (χ3v) is 2.42. The highest BCUT2D eigenvalue weighted by atomic mass is 16.5. The Bertz CT molecular complexity index is 244. The van der Waals surface area contributed by atoms with E-state index >= 15 is 0 Å². The van der Waals surface area contributed by atoms with E-state index in [4.69, 9.17) is 9.47 Å². The number of hydrogen-bond donors (Lipinski definition) is 0. The minimum Gasteiger partial charge on any atom is -0.479 e. The van der Waals surface area contributed by atoms with Gasteiger partial charge < -0.3 is 9.47 Å². The zero-order valence-electron chi connectivity index (χ0n) is 6.69. The van der Waals surface area contributed by atoms with Gasteiger partial charge in [-0.2, -0.15) is 0 Å². The fourth-order valence-corrected chi connectivity index (χ4v) is 1.78. The first-order chi connectivity index (χ1) is 5.93. The third-order valence-electron chi connectivity index (χ3n) is 2.42. The summed E-state index contributed by atoms with van der Waals surface area (Å²) in [6.45, 7) is 1.51. The van der Waals surface area contributed by atoms with Crippen LogP contribution in [0.4, 0.5) is 0 Å². The van der Waals surface area contributed by atoms with Gasteiger partial charge in [-0.05, 0) is 0 Å². The number of fused-ring (bicyclic) bond motifs is 2. The summed E-state index contributed by atoms with van der Waals surface area (Å²) >= 11 is 0. The van der Waals surface area contributed by atoms with Gasteiger partial charge in [0.15, 0.2) is 0 Å². The van der Waals surface area contributed by atoms with Gasteiger partial charge in [-0.25, -0.2) is 9.98 Å². The van der Waals surface area contributed by atoms with Gasteiger partial charge in [-0.15, -0.1) is 0 Å². The van der Waals surface area contributed by atoms with Crippen molar-refractivity contribution in [3.05, 3.63) is 0 Å². The van der Waals surface area contributed by atoms with Crippen molar-refractivity contribution in [1.29, 1.82) is 0 Å². The quantitative estimate of drug-likeness (QED) is 0.522. The molecule has 12 heavy (non-hydrogen) atoms. The molecule has 0 aromatic rings. The molecule has 3 aliphatic rings. The second-order valence-electron chi connectivity index (χ2n) is 3.24. The molecule has 2 atom stereocenters. The van der Waals surface area contributed by atoms with Crippen LogP contribution in [0.2, 0.25) is 0 Å². The van der Waals surface area contributed by atoms with Crippen molar-refractivity contribution in [3.63, 3.8) is 0 Å². The van der Waals surface area contributed by atoms with Crippen LogP contribution < -0.4 is 0 Å². The molecular weight excluding hydrogens is 156 g/mol. The van der Waals surface area contributed by atoms with Crippen LogP contribution in [0.3, 0.4) is 0 Å². The third kappa shape index (κ3) is 0.777. The van der Waals surface area contributed by atoms with Gasteiger partial charge in [0.2, 0.25) is 11.8 Å². The lowest BCUT2D eigenvalue weighted by molar-refractivity contribution is 0.341. The van der Waals surface area contributed by atoms with E-state index in [0.29, 0.717) is 0 Å². The van der Waals surface area contributed by atoms with Gasteiger partial charge in [-0.3, -0.25) is 0 Å². The lowest BCUT2D eigenvalue weighted by Gasteiger charge is -2.14. The molecule has 0 amide bonds. The Morgan fingerprint density at radius 1 is 0.917 bits per heavy atom. The van der Waals surface area contributed by atoms with Gasteiger partial charge in [0.05, 0.1) is 13.2 Å². The standard InChI is InChI=1S/C8H10N2O2/c1-3-11-7-5(1)9-8-6(10-7)2-4-12-8/h5-6H,1-4H2/t5-,6+. The molecule has 0 spiro atoms. The van der Waals surface area contributed by atoms with Crippen molar-refractivity contribution in [1.82, 2.24) is 0 Å². The number of aliphatic imine (C=N–C) groups is 2. The molecule has 0 unspecified atom stereocenters. The first-order valence-electron chi connectivity index (χ1n) is 4.34. The maximum Gasteiger partial charge on any atom is 0.209 e. The second-order valence-corrected chi connectivity index (χ2v) is 3.24. The van der Waals surface area contributed by atoms with Crippen molar-refractivity contribution in [2.45, 2.75) is 24.9 Å². The lowest BCUT2D eigenvalue weighted by Crippen LogP contribution is -2.27. The summed E-state index contributed by atoms with van der Waals surface area (Å²) in [4.78, 5) is 8.89. The molecule has 3 rings (SSSR count). The van der Waals surface area contributed by atoms with E-state index in [0.717, 1.165) is 37.9 Å². The van der Waals surface area contributed by atoms with E-state index in [1.807, 2.05) is 0 Å². The zero-order chi connectivity index (χ0) is 7.97. The molecule has 0 N–H and O–H groups in total. The van der Waals surface area contributed by atoms with Crippen molar-refractivity contribution >= 4 is 11.8 Å². The van der Waals surface area contributed by atoms with E-state index in [2.05, 4.69) is 9.98 Å². The average molecular weight is 166 g/mol. The molecule has 0 saturated carbocycles. The van der Waals surface area contributed by atoms with Crippen LogP contribution in [0.25, 0.3) is 0 Å². The van der Waals surface area contributed by atoms with Crippen LogP contribution in [-0.4, -0.2) is 37.1 Å². The number of rotatable bonds is 0. The topological polar surface area (TPSA) is 43.2 Å². The van der Waals surface area contributed by atoms with E-state index in [-0.39, 0.29) is 12.1 Å². The van der Waals surface area contributed by atoms with Gasteiger partial charge in [-0.1, -0.05) is 0 Å². The average Bonchev–Trinajstić information content (AvgIpc) is 2.64. The second kappa shape index (κ2) is 2.21. The normalized spacial score (nSPS) is 37.3. The highest BCUT2D eigenvalue weighted by molar-refractivity contribution is 5.95. The molecule has 4 heteroatoms. The summed E-state index contributed by atoms with van der Waals surface area (Å²) in [7, 11) is 0. The molecular formula is C8H10N2O2. The van der Waals surface area contributed by atoms with Crippen LogP contribution in [0.1, 0.15) is 12.8 Å². The van der Waals surface area contributed by atoms with E-state index in [1.54, 1.807) is 0 Å². The van der Waals surface area contributed by atoms with E-state index in [9.17, 15) is 0 Å². The monoisotopic (exact) mass is 166 g/mol. The minimum atomic E-state index is 0.161. The SMILES string of the molecule is C1C[C@@H]2N=C3OCC[C@H]3N=C2O1. The van der Waals surface area contributed by atoms with Crippen molar-refractivity contribution in [3.8, 4) is 0 Å². The Morgan fingerprint density at radius 2 is 1.42 bits per heavy atom. The fraction of sp³-hybridized carbons (Fsp3) is 0.750. The Hall–Kier alpha value is -1.06. The molecule has 0 bridgehead atoms. The smallest absolute Gasteiger partial charge is 0.209 e. The molecule has 0 aliphatic carbocycles. The summed E-state index contributed by atoms with van der Waals surface area (Å²) in [5, 5.41) is 0. The molecule has 0 aromatic carbocycles. The fourth-order valence-electron chi connectivity index (χ4n) is 1.78. The van der Waals surface area contributed by atoms with Crippen LogP contribution in [0.5, 0.6) is 0 Å². The molecule has 4 nitrogen and oxygen atoms in total. The first-order valence-corrected chi connectivity index (χ1v) is 4.34. The number of nitrogens with zero attached hydrogens (tertiary/aromatic N) is 2. The Kier molecular flexibility index (Phi) is 1.19. The molecule has 3 heterocycles. The maximum atomic E-state index is 5.35. The number of ether oxygens (including phenoxy) is 2. The summed E-state index contributed by atoms with van der Waals surface area (Å²) < 4.78 is 10.7. The van der Waals surface area contributed by atoms with Gasteiger partial charge in [0.25, 0.3) is 0 Å². The highest BCUT2D eigenvalue weighted by Crippen LogP contribution is 2.23. The summed E-state index contributed by atoms with van der Waals surface area (Å²) in [6.07, 6.45) is 1.91. The van der Waals surface area contributed by atoms with Crippen molar-refractivity contribution < 1.29 is 9.47 Å². The van der Waals surface area contributed by atoms with Crippen molar-refractivity contribution in [2.75, 3.05) is 13.2 Å². The van der Waals surface area contributed by atoms with Gasteiger partial charge in [0, 0.05) is 12.8 Å². The van der Waals surface area contributed by atoms with Crippen LogP contribution in [0, 0.1) is 0 Å². The summed E-state index contributed by atoms with van der Waals surface area (Å²) in [6, 6.07) is 0.323. The molecule has 0 aromatic heterocycles. The van der Waals surface area contributed by atoms with E-state index < -0.39 is 0 Å². The molecule has 3 aliphatic heterocycles. The Morgan fingerprint density at radius 3 is 1.92 bits per heavy atom. The number of hydrogen-bond acceptors (Lipinski definition) is 4. The van der Waals surface area contributed by atoms with Crippen LogP contribution >= 0.6 is 0 Å². The molecule has 64 valence electrons. The predicted octanol–water partition coefficient (Wildman–Crippen LogP) is 0.375. The molecule has 0 radical (unpaired) electrons. The lowest BCUT2D eigenvalue weighted by atomic mass is 10.2. The van der Waals surface area contributed by atoms with Crippen molar-refractivity contribution in [2.24, 2.45) is 9.98 Å². The van der Waals surface area contributed by atoms with Crippen LogP contribution in [-0.2, 0) is 9.47 Å². The Balaban J connectivity index is 1.96. The van der Waals surface area contributed by atoms with E-state index in [1.165, 1.54) is 0 Å². The largest absolute Gasteiger partial charge is 0.479 e. The van der Waals surface area contributed by atoms with Gasteiger partial charge in [0.1, 0.15) is 12.1 Å². The molecule has 2 fully saturated rings. The summed E-state index contributed by atoms with van der Waals surface area (Å²) in [5.41, 5.74) is 0. The summed E-state index contributed by atoms with van der Waals surface area (Å²) in [5.74, 6) is 1.66.